The second-order valence-electron chi connectivity index (χ2n) is 4.78. The summed E-state index contributed by atoms with van der Waals surface area (Å²) in [5.74, 6) is 0. The number of hydrogen-bond acceptors (Lipinski definition) is 2. The smallest absolute Gasteiger partial charge is 0.372 e. The maximum Gasteiger partial charge on any atom is 0.389 e. The Hall–Kier alpha value is -1.07. The van der Waals surface area contributed by atoms with Gasteiger partial charge in [0.05, 0.1) is 6.10 Å². The van der Waals surface area contributed by atoms with Gasteiger partial charge in [0.1, 0.15) is 0 Å². The van der Waals surface area contributed by atoms with Gasteiger partial charge in [-0.3, -0.25) is 0 Å². The highest BCUT2D eigenvalue weighted by molar-refractivity contribution is 5.24. The maximum absolute atomic E-state index is 12.0. The molecule has 0 aliphatic heterocycles. The molecule has 0 aromatic heterocycles. The van der Waals surface area contributed by atoms with Gasteiger partial charge in [-0.15, -0.1) is 0 Å². The van der Waals surface area contributed by atoms with Crippen molar-refractivity contribution in [1.29, 1.82) is 0 Å². The van der Waals surface area contributed by atoms with Crippen LogP contribution in [0.3, 0.4) is 0 Å². The fraction of sp³-hybridized carbons (Fsp3) is 0.571. The van der Waals surface area contributed by atoms with E-state index >= 15 is 0 Å². The summed E-state index contributed by atoms with van der Waals surface area (Å²) >= 11 is 0. The number of ether oxygens (including phenoxy) is 1. The number of aryl methyl sites for hydroxylation is 1. The van der Waals surface area contributed by atoms with Gasteiger partial charge in [0.25, 0.3) is 0 Å². The minimum atomic E-state index is -4.13. The molecule has 0 saturated carbocycles. The van der Waals surface area contributed by atoms with Gasteiger partial charge >= 0.3 is 6.18 Å². The lowest BCUT2D eigenvalue weighted by atomic mass is 10.0. The maximum atomic E-state index is 12.0. The summed E-state index contributed by atoms with van der Waals surface area (Å²) < 4.78 is 41.6. The summed E-state index contributed by atoms with van der Waals surface area (Å²) in [4.78, 5) is 0. The summed E-state index contributed by atoms with van der Waals surface area (Å²) in [7, 11) is 0. The van der Waals surface area contributed by atoms with Crippen LogP contribution in [0.15, 0.2) is 24.3 Å². The molecule has 2 nitrogen and oxygen atoms in total. The standard InChI is InChI=1S/C14H20F3NO/c1-10-4-6-12(7-5-10)13(11(2)18)19-9-3-8-14(15,16)17/h4-7,11,13H,3,8-9,18H2,1-2H3. The lowest BCUT2D eigenvalue weighted by molar-refractivity contribution is -0.139. The van der Waals surface area contributed by atoms with E-state index in [4.69, 9.17) is 10.5 Å². The second kappa shape index (κ2) is 6.91. The van der Waals surface area contributed by atoms with Crippen LogP contribution in [0.25, 0.3) is 0 Å². The van der Waals surface area contributed by atoms with Gasteiger partial charge in [-0.05, 0) is 25.8 Å². The number of alkyl halides is 3. The van der Waals surface area contributed by atoms with Crippen LogP contribution in [0.2, 0.25) is 0 Å². The zero-order chi connectivity index (χ0) is 14.5. The summed E-state index contributed by atoms with van der Waals surface area (Å²) in [5.41, 5.74) is 7.84. The second-order valence-corrected chi connectivity index (χ2v) is 4.78. The van der Waals surface area contributed by atoms with Crippen LogP contribution in [-0.4, -0.2) is 18.8 Å². The van der Waals surface area contributed by atoms with Gasteiger partial charge in [-0.1, -0.05) is 29.8 Å². The number of benzene rings is 1. The molecule has 0 radical (unpaired) electrons. The average molecular weight is 275 g/mol. The first-order valence-corrected chi connectivity index (χ1v) is 6.30. The number of halogens is 3. The van der Waals surface area contributed by atoms with E-state index in [1.54, 1.807) is 6.92 Å². The van der Waals surface area contributed by atoms with E-state index in [-0.39, 0.29) is 25.2 Å². The topological polar surface area (TPSA) is 35.2 Å². The van der Waals surface area contributed by atoms with Crippen molar-refractivity contribution >= 4 is 0 Å². The quantitative estimate of drug-likeness (QED) is 0.803. The molecule has 0 spiro atoms. The van der Waals surface area contributed by atoms with Crippen molar-refractivity contribution in [2.75, 3.05) is 6.61 Å². The Labute approximate surface area is 111 Å². The Morgan fingerprint density at radius 1 is 1.21 bits per heavy atom. The Balaban J connectivity index is 2.52. The van der Waals surface area contributed by atoms with Crippen LogP contribution >= 0.6 is 0 Å². The molecule has 0 bridgehead atoms. The van der Waals surface area contributed by atoms with Crippen molar-refractivity contribution in [2.45, 2.75) is 45.0 Å². The first kappa shape index (κ1) is 16.0. The highest BCUT2D eigenvalue weighted by Gasteiger charge is 2.26. The SMILES string of the molecule is Cc1ccc(C(OCCCC(F)(F)F)C(C)N)cc1. The van der Waals surface area contributed by atoms with E-state index in [0.29, 0.717) is 0 Å². The minimum absolute atomic E-state index is 0.0431. The van der Waals surface area contributed by atoms with E-state index in [1.165, 1.54) is 0 Å². The third-order valence-electron chi connectivity index (χ3n) is 2.79. The molecule has 19 heavy (non-hydrogen) atoms. The predicted octanol–water partition coefficient (Wildman–Crippen LogP) is 3.74. The highest BCUT2D eigenvalue weighted by Crippen LogP contribution is 2.24. The minimum Gasteiger partial charge on any atom is -0.372 e. The van der Waals surface area contributed by atoms with Crippen molar-refractivity contribution < 1.29 is 17.9 Å². The average Bonchev–Trinajstić information content (AvgIpc) is 2.29. The third kappa shape index (κ3) is 6.07. The van der Waals surface area contributed by atoms with Gasteiger partial charge in [0.2, 0.25) is 0 Å². The lowest BCUT2D eigenvalue weighted by Crippen LogP contribution is -2.27. The summed E-state index contributed by atoms with van der Waals surface area (Å²) in [5, 5.41) is 0. The number of hydrogen-bond donors (Lipinski definition) is 1. The first-order chi connectivity index (χ1) is 8.79. The third-order valence-corrected chi connectivity index (χ3v) is 2.79. The van der Waals surface area contributed by atoms with Crippen molar-refractivity contribution in [2.24, 2.45) is 5.73 Å². The van der Waals surface area contributed by atoms with Crippen molar-refractivity contribution in [3.63, 3.8) is 0 Å². The molecule has 0 aliphatic rings. The monoisotopic (exact) mass is 275 g/mol. The molecule has 2 atom stereocenters. The highest BCUT2D eigenvalue weighted by atomic mass is 19.4. The fourth-order valence-corrected chi connectivity index (χ4v) is 1.79. The van der Waals surface area contributed by atoms with Crippen LogP contribution in [-0.2, 0) is 4.74 Å². The molecule has 1 aromatic rings. The Morgan fingerprint density at radius 3 is 2.26 bits per heavy atom. The van der Waals surface area contributed by atoms with E-state index in [1.807, 2.05) is 31.2 Å². The van der Waals surface area contributed by atoms with Crippen LogP contribution in [0.5, 0.6) is 0 Å². The van der Waals surface area contributed by atoms with Crippen molar-refractivity contribution in [1.82, 2.24) is 0 Å². The Morgan fingerprint density at radius 2 is 1.79 bits per heavy atom. The van der Waals surface area contributed by atoms with Crippen LogP contribution in [0, 0.1) is 6.92 Å². The molecular weight excluding hydrogens is 255 g/mol. The van der Waals surface area contributed by atoms with Crippen LogP contribution < -0.4 is 5.73 Å². The molecule has 5 heteroatoms. The fourth-order valence-electron chi connectivity index (χ4n) is 1.79. The molecular formula is C14H20F3NO. The van der Waals surface area contributed by atoms with E-state index in [9.17, 15) is 13.2 Å². The molecule has 0 aliphatic carbocycles. The zero-order valence-corrected chi connectivity index (χ0v) is 11.2. The zero-order valence-electron chi connectivity index (χ0n) is 11.2. The number of nitrogens with two attached hydrogens (primary N) is 1. The molecule has 0 saturated heterocycles. The summed E-state index contributed by atoms with van der Waals surface area (Å²) in [6.07, 6.45) is -5.36. The Kier molecular flexibility index (Phi) is 5.82. The van der Waals surface area contributed by atoms with Crippen molar-refractivity contribution in [3.8, 4) is 0 Å². The first-order valence-electron chi connectivity index (χ1n) is 6.30. The van der Waals surface area contributed by atoms with Gasteiger partial charge in [0, 0.05) is 19.1 Å². The molecule has 2 N–H and O–H groups in total. The van der Waals surface area contributed by atoms with Gasteiger partial charge < -0.3 is 10.5 Å². The molecule has 0 heterocycles. The molecule has 1 aromatic carbocycles. The van der Waals surface area contributed by atoms with E-state index < -0.39 is 12.6 Å². The van der Waals surface area contributed by atoms with Crippen molar-refractivity contribution in [3.05, 3.63) is 35.4 Å². The molecule has 0 fully saturated rings. The summed E-state index contributed by atoms with van der Waals surface area (Å²) in [6.45, 7) is 3.81. The van der Waals surface area contributed by atoms with Crippen LogP contribution in [0.4, 0.5) is 13.2 Å². The van der Waals surface area contributed by atoms with Gasteiger partial charge in [0.15, 0.2) is 0 Å². The van der Waals surface area contributed by atoms with Crippen LogP contribution in [0.1, 0.15) is 37.0 Å². The number of rotatable bonds is 6. The molecule has 1 rings (SSSR count). The largest absolute Gasteiger partial charge is 0.389 e. The van der Waals surface area contributed by atoms with E-state index in [0.717, 1.165) is 11.1 Å². The molecule has 2 unspecified atom stereocenters. The van der Waals surface area contributed by atoms with Gasteiger partial charge in [-0.25, -0.2) is 0 Å². The molecule has 108 valence electrons. The molecule has 0 amide bonds. The lowest BCUT2D eigenvalue weighted by Gasteiger charge is -2.22. The summed E-state index contributed by atoms with van der Waals surface area (Å²) in [6, 6.07) is 7.39. The van der Waals surface area contributed by atoms with E-state index in [2.05, 4.69) is 0 Å². The van der Waals surface area contributed by atoms with Gasteiger partial charge in [-0.2, -0.15) is 13.2 Å². The normalized spacial score (nSPS) is 15.3. The Bertz CT molecular complexity index is 373. The predicted molar refractivity (Wildman–Crippen MR) is 68.8 cm³/mol.